The molecular weight excluding hydrogens is 276 g/mol. The molecule has 1 N–H and O–H groups in total. The maximum absolute atomic E-state index is 11.9. The third-order valence-corrected chi connectivity index (χ3v) is 4.90. The molecule has 0 bridgehead atoms. The highest BCUT2D eigenvalue weighted by Gasteiger charge is 2.19. The first-order valence-electron chi connectivity index (χ1n) is 6.60. The predicted octanol–water partition coefficient (Wildman–Crippen LogP) is 1.25. The number of nitrogens with one attached hydrogen (secondary N) is 1. The van der Waals surface area contributed by atoms with Gasteiger partial charge in [-0.25, -0.2) is 13.1 Å². The van der Waals surface area contributed by atoms with Gasteiger partial charge in [0.05, 0.1) is 11.9 Å². The second-order valence-corrected chi connectivity index (χ2v) is 7.20. The number of hydrogen-bond acceptors (Lipinski definition) is 4. The number of ether oxygens (including phenoxy) is 1. The van der Waals surface area contributed by atoms with E-state index >= 15 is 0 Å². The van der Waals surface area contributed by atoms with E-state index in [1.807, 2.05) is 43.3 Å². The van der Waals surface area contributed by atoms with Crippen molar-refractivity contribution in [2.45, 2.75) is 18.6 Å². The number of anilines is 1. The van der Waals surface area contributed by atoms with Gasteiger partial charge in [-0.05, 0) is 31.0 Å². The molecule has 114 valence electrons. The van der Waals surface area contributed by atoms with Gasteiger partial charge in [-0.1, -0.05) is 12.1 Å². The Morgan fingerprint density at radius 1 is 1.25 bits per heavy atom. The van der Waals surface area contributed by atoms with Gasteiger partial charge in [-0.15, -0.1) is 0 Å². The van der Waals surface area contributed by atoms with Gasteiger partial charge in [-0.3, -0.25) is 0 Å². The highest BCUT2D eigenvalue weighted by molar-refractivity contribution is 7.90. The lowest BCUT2D eigenvalue weighted by Gasteiger charge is -2.14. The fraction of sp³-hybridized carbons (Fsp3) is 0.571. The molecule has 0 aromatic heterocycles. The van der Waals surface area contributed by atoms with Crippen molar-refractivity contribution in [2.75, 3.05) is 39.3 Å². The van der Waals surface area contributed by atoms with E-state index in [0.717, 1.165) is 11.3 Å². The van der Waals surface area contributed by atoms with E-state index in [-0.39, 0.29) is 6.61 Å². The fourth-order valence-electron chi connectivity index (χ4n) is 1.76. The van der Waals surface area contributed by atoms with E-state index < -0.39 is 15.3 Å². The average Bonchev–Trinajstić information content (AvgIpc) is 2.39. The Bertz CT molecular complexity index is 498. The molecule has 1 aromatic carbocycles. The number of rotatable bonds is 8. The van der Waals surface area contributed by atoms with E-state index in [4.69, 9.17) is 4.74 Å². The summed E-state index contributed by atoms with van der Waals surface area (Å²) in [5, 5.41) is -0.538. The van der Waals surface area contributed by atoms with Gasteiger partial charge in [0.25, 0.3) is 0 Å². The van der Waals surface area contributed by atoms with E-state index in [1.165, 1.54) is 7.11 Å². The van der Waals surface area contributed by atoms with Crippen LogP contribution in [0, 0.1) is 0 Å². The fourth-order valence-corrected chi connectivity index (χ4v) is 2.75. The summed E-state index contributed by atoms with van der Waals surface area (Å²) >= 11 is 0. The van der Waals surface area contributed by atoms with Crippen molar-refractivity contribution in [1.82, 2.24) is 4.72 Å². The molecule has 0 heterocycles. The van der Waals surface area contributed by atoms with E-state index in [1.54, 1.807) is 6.92 Å². The monoisotopic (exact) mass is 300 g/mol. The van der Waals surface area contributed by atoms with Crippen molar-refractivity contribution in [3.05, 3.63) is 29.8 Å². The summed E-state index contributed by atoms with van der Waals surface area (Å²) in [5.74, 6) is 0. The SMILES string of the molecule is COC[C@H](C)S(=O)(=O)NCCc1ccc(N(C)C)cc1. The lowest BCUT2D eigenvalue weighted by molar-refractivity contribution is 0.200. The van der Waals surface area contributed by atoms with E-state index in [2.05, 4.69) is 4.72 Å². The van der Waals surface area contributed by atoms with Gasteiger partial charge >= 0.3 is 0 Å². The molecule has 0 aliphatic heterocycles. The second kappa shape index (κ2) is 7.61. The molecule has 0 spiro atoms. The van der Waals surface area contributed by atoms with Gasteiger partial charge < -0.3 is 9.64 Å². The summed E-state index contributed by atoms with van der Waals surface area (Å²) in [4.78, 5) is 2.03. The number of nitrogens with zero attached hydrogens (tertiary/aromatic N) is 1. The Kier molecular flexibility index (Phi) is 6.45. The van der Waals surface area contributed by atoms with Crippen LogP contribution in [0.25, 0.3) is 0 Å². The molecule has 1 rings (SSSR count). The molecule has 0 saturated heterocycles. The first kappa shape index (κ1) is 16.9. The van der Waals surface area contributed by atoms with Crippen LogP contribution in [-0.2, 0) is 21.2 Å². The van der Waals surface area contributed by atoms with Crippen LogP contribution in [0.3, 0.4) is 0 Å². The van der Waals surface area contributed by atoms with Crippen molar-refractivity contribution in [3.63, 3.8) is 0 Å². The van der Waals surface area contributed by atoms with Crippen LogP contribution in [0.1, 0.15) is 12.5 Å². The molecule has 0 aliphatic carbocycles. The van der Waals surface area contributed by atoms with Crippen molar-refractivity contribution < 1.29 is 13.2 Å². The topological polar surface area (TPSA) is 58.6 Å². The molecule has 0 saturated carbocycles. The molecule has 6 heteroatoms. The standard InChI is InChI=1S/C14H24N2O3S/c1-12(11-19-4)20(17,18)15-10-9-13-5-7-14(8-6-13)16(2)3/h5-8,12,15H,9-11H2,1-4H3/t12-/m0/s1. The quantitative estimate of drug-likeness (QED) is 0.785. The van der Waals surface area contributed by atoms with Gasteiger partial charge in [0.15, 0.2) is 0 Å². The minimum atomic E-state index is -3.30. The Morgan fingerprint density at radius 3 is 2.35 bits per heavy atom. The van der Waals surface area contributed by atoms with Crippen LogP contribution < -0.4 is 9.62 Å². The molecule has 0 aliphatic rings. The third-order valence-electron chi connectivity index (χ3n) is 3.10. The van der Waals surface area contributed by atoms with Crippen LogP contribution >= 0.6 is 0 Å². The summed E-state index contributed by atoms with van der Waals surface area (Å²) in [6, 6.07) is 8.08. The first-order chi connectivity index (χ1) is 9.36. The minimum Gasteiger partial charge on any atom is -0.383 e. The number of hydrogen-bond donors (Lipinski definition) is 1. The Balaban J connectivity index is 2.48. The summed E-state index contributed by atoms with van der Waals surface area (Å²) in [6.07, 6.45) is 0.673. The number of benzene rings is 1. The highest BCUT2D eigenvalue weighted by Crippen LogP contribution is 2.12. The van der Waals surface area contributed by atoms with Crippen LogP contribution in [-0.4, -0.2) is 48.0 Å². The Labute approximate surface area is 122 Å². The zero-order chi connectivity index (χ0) is 15.2. The third kappa shape index (κ3) is 5.11. The van der Waals surface area contributed by atoms with Crippen LogP contribution in [0.2, 0.25) is 0 Å². The summed E-state index contributed by atoms with van der Waals surface area (Å²) in [7, 11) is 2.17. The molecule has 5 nitrogen and oxygen atoms in total. The zero-order valence-corrected chi connectivity index (χ0v) is 13.4. The Morgan fingerprint density at radius 2 is 1.85 bits per heavy atom. The number of methoxy groups -OCH3 is 1. The molecule has 1 atom stereocenters. The normalized spacial score (nSPS) is 13.2. The summed E-state index contributed by atoms with van der Waals surface area (Å²) < 4.78 is 31.2. The van der Waals surface area contributed by atoms with Crippen molar-refractivity contribution >= 4 is 15.7 Å². The Hall–Kier alpha value is -1.11. The van der Waals surface area contributed by atoms with E-state index in [9.17, 15) is 8.42 Å². The van der Waals surface area contributed by atoms with Crippen LogP contribution in [0.5, 0.6) is 0 Å². The predicted molar refractivity (Wildman–Crippen MR) is 82.7 cm³/mol. The maximum atomic E-state index is 11.9. The van der Waals surface area contributed by atoms with Crippen molar-refractivity contribution in [3.8, 4) is 0 Å². The number of sulfonamides is 1. The lowest BCUT2D eigenvalue weighted by Crippen LogP contribution is -2.36. The maximum Gasteiger partial charge on any atom is 0.216 e. The molecule has 0 radical (unpaired) electrons. The second-order valence-electron chi connectivity index (χ2n) is 5.02. The van der Waals surface area contributed by atoms with Gasteiger partial charge in [-0.2, -0.15) is 0 Å². The molecule has 0 amide bonds. The summed E-state index contributed by atoms with van der Waals surface area (Å²) in [6.45, 7) is 2.24. The largest absolute Gasteiger partial charge is 0.383 e. The molecule has 0 unspecified atom stereocenters. The first-order valence-corrected chi connectivity index (χ1v) is 8.15. The molecule has 1 aromatic rings. The highest BCUT2D eigenvalue weighted by atomic mass is 32.2. The van der Waals surface area contributed by atoms with Gasteiger partial charge in [0.1, 0.15) is 0 Å². The molecule has 0 fully saturated rings. The summed E-state index contributed by atoms with van der Waals surface area (Å²) in [5.41, 5.74) is 2.24. The molecular formula is C14H24N2O3S. The van der Waals surface area contributed by atoms with Crippen LogP contribution in [0.4, 0.5) is 5.69 Å². The molecule has 20 heavy (non-hydrogen) atoms. The van der Waals surface area contributed by atoms with Gasteiger partial charge in [0.2, 0.25) is 10.0 Å². The smallest absolute Gasteiger partial charge is 0.216 e. The minimum absolute atomic E-state index is 0.201. The van der Waals surface area contributed by atoms with Gasteiger partial charge in [0, 0.05) is 33.4 Å². The average molecular weight is 300 g/mol. The van der Waals surface area contributed by atoms with Crippen molar-refractivity contribution in [1.29, 1.82) is 0 Å². The van der Waals surface area contributed by atoms with E-state index in [0.29, 0.717) is 13.0 Å². The zero-order valence-electron chi connectivity index (χ0n) is 12.6. The lowest BCUT2D eigenvalue weighted by atomic mass is 10.1. The van der Waals surface area contributed by atoms with Crippen LogP contribution in [0.15, 0.2) is 24.3 Å². The van der Waals surface area contributed by atoms with Crippen molar-refractivity contribution in [2.24, 2.45) is 0 Å².